The number of hydrogen-bond donors (Lipinski definition) is 1. The Balaban J connectivity index is 2.02. The molecule has 0 aliphatic carbocycles. The van der Waals surface area contributed by atoms with Crippen LogP contribution in [-0.2, 0) is 9.53 Å². The van der Waals surface area contributed by atoms with Crippen molar-refractivity contribution in [3.8, 4) is 11.5 Å². The molecule has 1 heterocycles. The Hall–Kier alpha value is -1.48. The summed E-state index contributed by atoms with van der Waals surface area (Å²) >= 11 is 3.25. The first-order valence-electron chi connectivity index (χ1n) is 6.34. The lowest BCUT2D eigenvalue weighted by Crippen LogP contribution is -2.31. The lowest BCUT2D eigenvalue weighted by Gasteiger charge is -2.21. The van der Waals surface area contributed by atoms with Crippen LogP contribution in [0.4, 0.5) is 18.9 Å². The number of nitrogens with one attached hydrogen (secondary N) is 1. The molecule has 22 heavy (non-hydrogen) atoms. The Kier molecular flexibility index (Phi) is 5.17. The largest absolute Gasteiger partial charge is 0.486 e. The van der Waals surface area contributed by atoms with E-state index in [0.717, 1.165) is 0 Å². The average Bonchev–Trinajstić information content (AvgIpc) is 2.44. The Morgan fingerprint density at radius 1 is 1.36 bits per heavy atom. The fourth-order valence-corrected chi connectivity index (χ4v) is 2.11. The third-order valence-electron chi connectivity index (χ3n) is 2.76. The standard InChI is InChI=1S/C13H13BrF3NO4/c1-7(22-6-13(15,16)17)12(19)18-9-5-11-10(4-8(9)14)20-2-3-21-11/h4-5,7H,2-3,6H2,1H3,(H,18,19). The van der Waals surface area contributed by atoms with Crippen molar-refractivity contribution in [3.05, 3.63) is 16.6 Å². The van der Waals surface area contributed by atoms with Crippen LogP contribution >= 0.6 is 15.9 Å². The van der Waals surface area contributed by atoms with Gasteiger partial charge >= 0.3 is 6.18 Å². The molecule has 1 aromatic rings. The van der Waals surface area contributed by atoms with Crippen LogP contribution in [0.2, 0.25) is 0 Å². The van der Waals surface area contributed by atoms with Gasteiger partial charge < -0.3 is 19.5 Å². The van der Waals surface area contributed by atoms with Crippen LogP contribution in [-0.4, -0.2) is 38.0 Å². The van der Waals surface area contributed by atoms with Crippen molar-refractivity contribution in [2.45, 2.75) is 19.2 Å². The van der Waals surface area contributed by atoms with Gasteiger partial charge in [0.25, 0.3) is 5.91 Å². The summed E-state index contributed by atoms with van der Waals surface area (Å²) in [5.41, 5.74) is 0.358. The minimum Gasteiger partial charge on any atom is -0.486 e. The average molecular weight is 384 g/mol. The number of alkyl halides is 3. The summed E-state index contributed by atoms with van der Waals surface area (Å²) in [5, 5.41) is 2.48. The number of benzene rings is 1. The number of carbonyl (C=O) groups is 1. The van der Waals surface area contributed by atoms with Crippen molar-refractivity contribution in [1.82, 2.24) is 0 Å². The maximum Gasteiger partial charge on any atom is 0.411 e. The molecule has 1 N–H and O–H groups in total. The molecule has 0 fully saturated rings. The number of carbonyl (C=O) groups excluding carboxylic acids is 1. The van der Waals surface area contributed by atoms with Gasteiger partial charge in [-0.05, 0) is 22.9 Å². The predicted molar refractivity (Wildman–Crippen MR) is 75.2 cm³/mol. The van der Waals surface area contributed by atoms with Gasteiger partial charge in [-0.2, -0.15) is 13.2 Å². The number of rotatable bonds is 4. The second-order valence-corrected chi connectivity index (χ2v) is 5.39. The fourth-order valence-electron chi connectivity index (χ4n) is 1.69. The highest BCUT2D eigenvalue weighted by molar-refractivity contribution is 9.10. The summed E-state index contributed by atoms with van der Waals surface area (Å²) in [7, 11) is 0. The van der Waals surface area contributed by atoms with Crippen LogP contribution < -0.4 is 14.8 Å². The third-order valence-corrected chi connectivity index (χ3v) is 3.41. The lowest BCUT2D eigenvalue weighted by atomic mass is 10.2. The van der Waals surface area contributed by atoms with E-state index >= 15 is 0 Å². The molecule has 1 amide bonds. The molecule has 0 spiro atoms. The van der Waals surface area contributed by atoms with Crippen molar-refractivity contribution < 1.29 is 32.2 Å². The quantitative estimate of drug-likeness (QED) is 0.867. The normalized spacial score (nSPS) is 15.3. The molecule has 5 nitrogen and oxygen atoms in total. The van der Waals surface area contributed by atoms with Crippen LogP contribution in [0.25, 0.3) is 0 Å². The molecular weight excluding hydrogens is 371 g/mol. The number of anilines is 1. The van der Waals surface area contributed by atoms with E-state index in [2.05, 4.69) is 26.0 Å². The smallest absolute Gasteiger partial charge is 0.411 e. The van der Waals surface area contributed by atoms with Crippen molar-refractivity contribution >= 4 is 27.5 Å². The first-order valence-corrected chi connectivity index (χ1v) is 7.14. The minimum atomic E-state index is -4.48. The molecule has 1 aliphatic heterocycles. The molecule has 2 rings (SSSR count). The third kappa shape index (κ3) is 4.51. The van der Waals surface area contributed by atoms with E-state index in [1.54, 1.807) is 6.07 Å². The van der Waals surface area contributed by atoms with E-state index in [1.165, 1.54) is 13.0 Å². The van der Waals surface area contributed by atoms with Gasteiger partial charge in [-0.3, -0.25) is 4.79 Å². The molecular formula is C13H13BrF3NO4. The second kappa shape index (κ2) is 6.74. The highest BCUT2D eigenvalue weighted by Crippen LogP contribution is 2.38. The van der Waals surface area contributed by atoms with Gasteiger partial charge in [0, 0.05) is 16.6 Å². The van der Waals surface area contributed by atoms with Gasteiger partial charge in [-0.1, -0.05) is 0 Å². The molecule has 1 unspecified atom stereocenters. The highest BCUT2D eigenvalue weighted by Gasteiger charge is 2.30. The highest BCUT2D eigenvalue weighted by atomic mass is 79.9. The first kappa shape index (κ1) is 16.9. The number of halogens is 4. The molecule has 1 aliphatic rings. The molecule has 1 atom stereocenters. The van der Waals surface area contributed by atoms with E-state index in [-0.39, 0.29) is 0 Å². The molecule has 122 valence electrons. The lowest BCUT2D eigenvalue weighted by molar-refractivity contribution is -0.184. The molecule has 0 radical (unpaired) electrons. The summed E-state index contributed by atoms with van der Waals surface area (Å²) in [6, 6.07) is 3.15. The Morgan fingerprint density at radius 3 is 2.55 bits per heavy atom. The molecule has 0 saturated carbocycles. The van der Waals surface area contributed by atoms with Gasteiger partial charge in [0.05, 0.1) is 5.69 Å². The van der Waals surface area contributed by atoms with Gasteiger partial charge in [0.2, 0.25) is 0 Å². The Bertz CT molecular complexity index is 565. The number of hydrogen-bond acceptors (Lipinski definition) is 4. The van der Waals surface area contributed by atoms with Gasteiger partial charge in [0.1, 0.15) is 25.9 Å². The number of fused-ring (bicyclic) bond motifs is 1. The summed E-state index contributed by atoms with van der Waals surface area (Å²) in [6.45, 7) is 0.567. The molecule has 0 saturated heterocycles. The van der Waals surface area contributed by atoms with Crippen LogP contribution in [0, 0.1) is 0 Å². The van der Waals surface area contributed by atoms with Gasteiger partial charge in [-0.25, -0.2) is 0 Å². The number of amides is 1. The van der Waals surface area contributed by atoms with Crippen LogP contribution in [0.1, 0.15) is 6.92 Å². The van der Waals surface area contributed by atoms with Crippen LogP contribution in [0.15, 0.2) is 16.6 Å². The van der Waals surface area contributed by atoms with Crippen molar-refractivity contribution in [3.63, 3.8) is 0 Å². The zero-order chi connectivity index (χ0) is 16.3. The van der Waals surface area contributed by atoms with Crippen molar-refractivity contribution in [1.29, 1.82) is 0 Å². The minimum absolute atomic E-state index is 0.358. The first-order chi connectivity index (χ1) is 10.3. The van der Waals surface area contributed by atoms with Gasteiger partial charge in [-0.15, -0.1) is 0 Å². The van der Waals surface area contributed by atoms with Crippen LogP contribution in [0.5, 0.6) is 11.5 Å². The Labute approximate surface area is 132 Å². The summed E-state index contributed by atoms with van der Waals surface area (Å²) in [4.78, 5) is 11.9. The maximum absolute atomic E-state index is 12.1. The maximum atomic E-state index is 12.1. The predicted octanol–water partition coefficient (Wildman–Crippen LogP) is 3.13. The van der Waals surface area contributed by atoms with E-state index < -0.39 is 24.8 Å². The zero-order valence-corrected chi connectivity index (χ0v) is 13.1. The van der Waals surface area contributed by atoms with E-state index in [9.17, 15) is 18.0 Å². The second-order valence-electron chi connectivity index (χ2n) is 4.53. The molecule has 9 heteroatoms. The molecule has 0 aromatic heterocycles. The van der Waals surface area contributed by atoms with E-state index in [0.29, 0.717) is 34.9 Å². The van der Waals surface area contributed by atoms with Gasteiger partial charge in [0.15, 0.2) is 11.5 Å². The summed E-state index contributed by atoms with van der Waals surface area (Å²) in [5.74, 6) is 0.285. The molecule has 1 aromatic carbocycles. The van der Waals surface area contributed by atoms with Crippen molar-refractivity contribution in [2.24, 2.45) is 0 Å². The number of ether oxygens (including phenoxy) is 3. The van der Waals surface area contributed by atoms with Crippen molar-refractivity contribution in [2.75, 3.05) is 25.1 Å². The van der Waals surface area contributed by atoms with E-state index in [4.69, 9.17) is 9.47 Å². The monoisotopic (exact) mass is 383 g/mol. The van der Waals surface area contributed by atoms with Crippen LogP contribution in [0.3, 0.4) is 0 Å². The topological polar surface area (TPSA) is 56.8 Å². The fraction of sp³-hybridized carbons (Fsp3) is 0.462. The summed E-state index contributed by atoms with van der Waals surface area (Å²) in [6.07, 6.45) is -5.73. The Morgan fingerprint density at radius 2 is 1.95 bits per heavy atom. The SMILES string of the molecule is CC(OCC(F)(F)F)C(=O)Nc1cc2c(cc1Br)OCCO2. The molecule has 0 bridgehead atoms. The summed E-state index contributed by atoms with van der Waals surface area (Å²) < 4.78 is 51.9. The van der Waals surface area contributed by atoms with E-state index in [1.807, 2.05) is 0 Å². The zero-order valence-electron chi connectivity index (χ0n) is 11.5.